The standard InChI is InChI=1S/C50H94N4OS2/c1-11-39(37(6)7)19-18-38(8)43-22-23-44-42-21-20-40-36-41(24-27-47(40,9)45(42)25-28-48(43,44)10)57-56-35-26-46(55)54(34-30-50(52,14-4)15-5)33-17-16-31-53-32-29-49(51,12-2)13-3/h20,37-39,41-45,53H,11-19,21-36,51-52H2,1-10H3/t38-,39-,41+,42+,43-,44+,45?,47+,48-/m1/s1. The number of hydrogen-bond acceptors (Lipinski definition) is 6. The highest BCUT2D eigenvalue weighted by atomic mass is 33.1. The van der Waals surface area contributed by atoms with E-state index in [0.29, 0.717) is 28.4 Å². The first kappa shape index (κ1) is 49.4. The van der Waals surface area contributed by atoms with Crippen molar-refractivity contribution in [2.45, 2.75) is 214 Å². The Balaban J connectivity index is 1.24. The lowest BCUT2D eigenvalue weighted by atomic mass is 9.47. The third-order valence-corrected chi connectivity index (χ3v) is 20.7. The lowest BCUT2D eigenvalue weighted by Crippen LogP contribution is -2.50. The van der Waals surface area contributed by atoms with Crippen LogP contribution in [0, 0.1) is 52.3 Å². The van der Waals surface area contributed by atoms with Gasteiger partial charge in [0.1, 0.15) is 0 Å². The molecule has 0 aromatic rings. The number of carbonyl (C=O) groups excluding carboxylic acids is 1. The molecule has 0 spiro atoms. The van der Waals surface area contributed by atoms with E-state index < -0.39 is 0 Å². The first-order valence-electron chi connectivity index (χ1n) is 24.7. The van der Waals surface area contributed by atoms with Crippen molar-refractivity contribution in [1.29, 1.82) is 0 Å². The second-order valence-corrected chi connectivity index (χ2v) is 23.8. The summed E-state index contributed by atoms with van der Waals surface area (Å²) in [7, 11) is 4.05. The summed E-state index contributed by atoms with van der Waals surface area (Å²) < 4.78 is 0. The molecule has 0 bridgehead atoms. The number of nitrogens with one attached hydrogen (secondary N) is 1. The number of amides is 1. The predicted molar refractivity (Wildman–Crippen MR) is 254 cm³/mol. The van der Waals surface area contributed by atoms with E-state index >= 15 is 0 Å². The van der Waals surface area contributed by atoms with E-state index in [1.54, 1.807) is 5.57 Å². The van der Waals surface area contributed by atoms with E-state index in [4.69, 9.17) is 11.5 Å². The molecule has 7 heteroatoms. The molecule has 57 heavy (non-hydrogen) atoms. The first-order valence-corrected chi connectivity index (χ1v) is 27.0. The summed E-state index contributed by atoms with van der Waals surface area (Å²) in [5.41, 5.74) is 15.7. The van der Waals surface area contributed by atoms with Crippen LogP contribution in [0.1, 0.15) is 198 Å². The van der Waals surface area contributed by atoms with Crippen molar-refractivity contribution < 1.29 is 4.79 Å². The van der Waals surface area contributed by atoms with Crippen molar-refractivity contribution in [2.75, 3.05) is 31.9 Å². The monoisotopic (exact) mass is 831 g/mol. The van der Waals surface area contributed by atoms with E-state index in [0.717, 1.165) is 125 Å². The zero-order chi connectivity index (χ0) is 41.9. The van der Waals surface area contributed by atoms with Crippen LogP contribution in [0.4, 0.5) is 0 Å². The van der Waals surface area contributed by atoms with Crippen LogP contribution in [-0.2, 0) is 4.79 Å². The van der Waals surface area contributed by atoms with Crippen LogP contribution in [0.15, 0.2) is 11.6 Å². The molecule has 3 saturated carbocycles. The highest BCUT2D eigenvalue weighted by Gasteiger charge is 2.59. The molecule has 0 saturated heterocycles. The average molecular weight is 831 g/mol. The van der Waals surface area contributed by atoms with Gasteiger partial charge < -0.3 is 21.7 Å². The number of rotatable bonds is 26. The number of allylic oxidation sites excluding steroid dienone is 2. The fourth-order valence-electron chi connectivity index (χ4n) is 12.7. The van der Waals surface area contributed by atoms with Crippen molar-refractivity contribution in [1.82, 2.24) is 10.2 Å². The van der Waals surface area contributed by atoms with Gasteiger partial charge in [0.05, 0.1) is 0 Å². The maximum absolute atomic E-state index is 13.7. The van der Waals surface area contributed by atoms with E-state index in [9.17, 15) is 4.79 Å². The fourth-order valence-corrected chi connectivity index (χ4v) is 15.4. The third-order valence-electron chi connectivity index (χ3n) is 17.8. The quantitative estimate of drug-likeness (QED) is 0.0457. The lowest BCUT2D eigenvalue weighted by molar-refractivity contribution is -0.131. The Morgan fingerprint density at radius 1 is 0.877 bits per heavy atom. The smallest absolute Gasteiger partial charge is 0.223 e. The highest BCUT2D eigenvalue weighted by Crippen LogP contribution is 2.68. The van der Waals surface area contributed by atoms with Crippen LogP contribution >= 0.6 is 21.6 Å². The second kappa shape index (κ2) is 22.8. The summed E-state index contributed by atoms with van der Waals surface area (Å²) in [6.07, 6.45) is 26.7. The third kappa shape index (κ3) is 12.7. The van der Waals surface area contributed by atoms with E-state index in [1.807, 2.05) is 10.8 Å². The summed E-state index contributed by atoms with van der Waals surface area (Å²) in [5, 5.41) is 4.29. The average Bonchev–Trinajstić information content (AvgIpc) is 3.57. The molecule has 0 aromatic carbocycles. The van der Waals surface area contributed by atoms with E-state index in [2.05, 4.69) is 96.3 Å². The van der Waals surface area contributed by atoms with Crippen LogP contribution in [0.2, 0.25) is 0 Å². The second-order valence-electron chi connectivity index (χ2n) is 21.0. The van der Waals surface area contributed by atoms with Crippen LogP contribution in [-0.4, -0.2) is 59.1 Å². The Labute approximate surface area is 362 Å². The highest BCUT2D eigenvalue weighted by molar-refractivity contribution is 8.76. The van der Waals surface area contributed by atoms with Gasteiger partial charge in [-0.05, 0) is 174 Å². The summed E-state index contributed by atoms with van der Waals surface area (Å²) in [5.74, 6) is 7.43. The Hall–Kier alpha value is -0.210. The van der Waals surface area contributed by atoms with Gasteiger partial charge >= 0.3 is 0 Å². The molecule has 3 fully saturated rings. The van der Waals surface area contributed by atoms with Crippen LogP contribution < -0.4 is 16.8 Å². The van der Waals surface area contributed by atoms with Crippen molar-refractivity contribution in [2.24, 2.45) is 63.7 Å². The Morgan fingerprint density at radius 3 is 2.25 bits per heavy atom. The zero-order valence-corrected chi connectivity index (χ0v) is 40.8. The zero-order valence-electron chi connectivity index (χ0n) is 39.2. The van der Waals surface area contributed by atoms with Gasteiger partial charge in [-0.2, -0.15) is 0 Å². The minimum Gasteiger partial charge on any atom is -0.343 e. The lowest BCUT2D eigenvalue weighted by Gasteiger charge is -2.58. The van der Waals surface area contributed by atoms with Gasteiger partial charge in [0.2, 0.25) is 5.91 Å². The van der Waals surface area contributed by atoms with E-state index in [-0.39, 0.29) is 11.1 Å². The molecule has 5 N–H and O–H groups in total. The molecule has 0 radical (unpaired) electrons. The van der Waals surface area contributed by atoms with E-state index in [1.165, 1.54) is 70.6 Å². The molecule has 0 aliphatic heterocycles. The molecule has 9 atom stereocenters. The molecule has 4 rings (SSSR count). The molecular weight excluding hydrogens is 737 g/mol. The van der Waals surface area contributed by atoms with Gasteiger partial charge in [-0.15, -0.1) is 0 Å². The molecule has 0 heterocycles. The summed E-state index contributed by atoms with van der Waals surface area (Å²) in [4.78, 5) is 15.8. The Morgan fingerprint density at radius 2 is 1.58 bits per heavy atom. The van der Waals surface area contributed by atoms with Gasteiger partial charge in [0, 0.05) is 41.6 Å². The molecule has 1 amide bonds. The van der Waals surface area contributed by atoms with Crippen LogP contribution in [0.25, 0.3) is 0 Å². The van der Waals surface area contributed by atoms with Gasteiger partial charge in [0.15, 0.2) is 0 Å². The molecular formula is C50H94N4OS2. The normalized spacial score (nSPS) is 30.1. The van der Waals surface area contributed by atoms with Crippen LogP contribution in [0.5, 0.6) is 0 Å². The van der Waals surface area contributed by atoms with Gasteiger partial charge in [-0.3, -0.25) is 4.79 Å². The number of nitrogens with two attached hydrogens (primary N) is 2. The number of hydrogen-bond donors (Lipinski definition) is 3. The minimum absolute atomic E-state index is 0.0456. The first-order chi connectivity index (χ1) is 27.1. The molecule has 4 aliphatic carbocycles. The summed E-state index contributed by atoms with van der Waals surface area (Å²) >= 11 is 0. The molecule has 4 aliphatic rings. The maximum atomic E-state index is 13.7. The number of carbonyl (C=O) groups is 1. The number of unbranched alkanes of at least 4 members (excludes halogenated alkanes) is 1. The van der Waals surface area contributed by atoms with Crippen molar-refractivity contribution in [3.63, 3.8) is 0 Å². The van der Waals surface area contributed by atoms with Gasteiger partial charge in [-0.1, -0.05) is 115 Å². The van der Waals surface area contributed by atoms with Gasteiger partial charge in [0.25, 0.3) is 0 Å². The number of nitrogens with zero attached hydrogens (tertiary/aromatic N) is 1. The fraction of sp³-hybridized carbons (Fsp3) is 0.940. The molecule has 5 nitrogen and oxygen atoms in total. The largest absolute Gasteiger partial charge is 0.343 e. The van der Waals surface area contributed by atoms with Crippen molar-refractivity contribution in [3.8, 4) is 0 Å². The molecule has 0 aromatic heterocycles. The Kier molecular flexibility index (Phi) is 19.7. The molecule has 1 unspecified atom stereocenters. The van der Waals surface area contributed by atoms with Crippen molar-refractivity contribution >= 4 is 27.5 Å². The minimum atomic E-state index is -0.178. The Bertz CT molecular complexity index is 1230. The topological polar surface area (TPSA) is 84.4 Å². The van der Waals surface area contributed by atoms with Gasteiger partial charge in [-0.25, -0.2) is 0 Å². The predicted octanol–water partition coefficient (Wildman–Crippen LogP) is 12.8. The van der Waals surface area contributed by atoms with Crippen LogP contribution in [0.3, 0.4) is 0 Å². The summed E-state index contributed by atoms with van der Waals surface area (Å²) in [6, 6.07) is 0. The SMILES string of the molecule is CC[C@H](CC[C@@H](C)[C@H]1CC[C@H]2[C@@H]3CC=C4C[C@@H](SSCCC(=O)N(CCCCNCCC(N)(CC)CC)CCC(N)(CC)CC)CC[C@]4(C)C3CC[C@]12C)C(C)C. The van der Waals surface area contributed by atoms with Crippen molar-refractivity contribution in [3.05, 3.63) is 11.6 Å². The summed E-state index contributed by atoms with van der Waals surface area (Å²) in [6.45, 7) is 27.6. The maximum Gasteiger partial charge on any atom is 0.223 e. The number of fused-ring (bicyclic) bond motifs is 5. The molecule has 332 valence electrons.